The number of benzene rings is 1. The Hall–Kier alpha value is -2.77. The highest BCUT2D eigenvalue weighted by atomic mass is 32.2. The molecule has 0 spiro atoms. The number of carbonyl (C=O) groups is 1. The molecule has 2 N–H and O–H groups in total. The number of carbonyl (C=O) groups excluding carboxylic acids is 1. The molecule has 1 unspecified atom stereocenters. The Morgan fingerprint density at radius 2 is 1.86 bits per heavy atom. The van der Waals surface area contributed by atoms with Gasteiger partial charge in [-0.2, -0.15) is 0 Å². The van der Waals surface area contributed by atoms with E-state index in [4.69, 9.17) is 5.14 Å². The summed E-state index contributed by atoms with van der Waals surface area (Å²) in [5, 5.41) is 5.61. The molecule has 3 aromatic rings. The van der Waals surface area contributed by atoms with Crippen LogP contribution in [-0.4, -0.2) is 23.8 Å². The number of pyridine rings is 1. The maximum Gasteiger partial charge on any atom is 0.219 e. The first-order valence-corrected chi connectivity index (χ1v) is 10.4. The largest absolute Gasteiger partial charge is 0.345 e. The summed E-state index contributed by atoms with van der Waals surface area (Å²) in [5.41, 5.74) is 3.11. The van der Waals surface area contributed by atoms with Crippen LogP contribution in [0.5, 0.6) is 0 Å². The molecule has 2 heterocycles. The number of ketones is 1. The SMILES string of the molecule is Cc1cc(CC(C)(c2cccnc2)S(N)(=O)=O)n(C)c1C(=O)c1ccccc1. The van der Waals surface area contributed by atoms with Crippen LogP contribution in [0.1, 0.15) is 39.8 Å². The lowest BCUT2D eigenvalue weighted by Crippen LogP contribution is -2.40. The van der Waals surface area contributed by atoms with Crippen LogP contribution in [0.25, 0.3) is 0 Å². The fraction of sp³-hybridized carbons (Fsp3) is 0.238. The molecule has 0 aliphatic carbocycles. The van der Waals surface area contributed by atoms with Crippen molar-refractivity contribution in [3.8, 4) is 0 Å². The Labute approximate surface area is 165 Å². The smallest absolute Gasteiger partial charge is 0.219 e. The first kappa shape index (κ1) is 20.0. The summed E-state index contributed by atoms with van der Waals surface area (Å²) < 4.78 is 25.4. The van der Waals surface area contributed by atoms with Crippen LogP contribution in [0.4, 0.5) is 0 Å². The molecule has 1 atom stereocenters. The van der Waals surface area contributed by atoms with Crippen LogP contribution in [0.3, 0.4) is 0 Å². The highest BCUT2D eigenvalue weighted by Gasteiger charge is 2.40. The van der Waals surface area contributed by atoms with Gasteiger partial charge >= 0.3 is 0 Å². The number of nitrogens with zero attached hydrogens (tertiary/aromatic N) is 2. The average Bonchev–Trinajstić information content (AvgIpc) is 2.94. The van der Waals surface area contributed by atoms with Crippen molar-refractivity contribution in [3.05, 3.63) is 89.0 Å². The van der Waals surface area contributed by atoms with Crippen LogP contribution in [0.15, 0.2) is 60.9 Å². The van der Waals surface area contributed by atoms with Crippen molar-refractivity contribution >= 4 is 15.8 Å². The van der Waals surface area contributed by atoms with Crippen molar-refractivity contribution in [2.24, 2.45) is 12.2 Å². The third kappa shape index (κ3) is 3.50. The highest BCUT2D eigenvalue weighted by Crippen LogP contribution is 2.33. The average molecular weight is 398 g/mol. The Morgan fingerprint density at radius 1 is 1.18 bits per heavy atom. The lowest BCUT2D eigenvalue weighted by atomic mass is 9.96. The third-order valence-corrected chi connectivity index (χ3v) is 6.83. The molecule has 0 aliphatic rings. The van der Waals surface area contributed by atoms with E-state index in [1.807, 2.05) is 31.2 Å². The second-order valence-electron chi connectivity index (χ2n) is 7.12. The van der Waals surface area contributed by atoms with E-state index in [1.165, 1.54) is 6.20 Å². The quantitative estimate of drug-likeness (QED) is 0.647. The van der Waals surface area contributed by atoms with Crippen LogP contribution in [0, 0.1) is 6.92 Å². The van der Waals surface area contributed by atoms with E-state index in [1.54, 1.807) is 49.0 Å². The van der Waals surface area contributed by atoms with Gasteiger partial charge in [0.2, 0.25) is 15.8 Å². The third-order valence-electron chi connectivity index (χ3n) is 5.19. The van der Waals surface area contributed by atoms with Gasteiger partial charge in [0, 0.05) is 37.1 Å². The first-order valence-electron chi connectivity index (χ1n) is 8.83. The van der Waals surface area contributed by atoms with Crippen molar-refractivity contribution in [3.63, 3.8) is 0 Å². The number of aryl methyl sites for hydroxylation is 1. The predicted molar refractivity (Wildman–Crippen MR) is 108 cm³/mol. The molecule has 0 bridgehead atoms. The van der Waals surface area contributed by atoms with Gasteiger partial charge in [0.25, 0.3) is 0 Å². The molecule has 146 valence electrons. The standard InChI is InChI=1S/C21H23N3O3S/c1-15-12-18(24(3)19(15)20(25)16-8-5-4-6-9-16)13-21(2,28(22,26)27)17-10-7-11-23-14-17/h4-12,14H,13H2,1-3H3,(H2,22,26,27). The molecule has 28 heavy (non-hydrogen) atoms. The van der Waals surface area contributed by atoms with E-state index in [0.717, 1.165) is 5.56 Å². The van der Waals surface area contributed by atoms with Gasteiger partial charge in [-0.15, -0.1) is 0 Å². The number of rotatable bonds is 6. The Balaban J connectivity index is 2.07. The summed E-state index contributed by atoms with van der Waals surface area (Å²) in [7, 11) is -2.18. The van der Waals surface area contributed by atoms with Crippen molar-refractivity contribution < 1.29 is 13.2 Å². The minimum absolute atomic E-state index is 0.106. The van der Waals surface area contributed by atoms with E-state index >= 15 is 0 Å². The van der Waals surface area contributed by atoms with Crippen molar-refractivity contribution in [2.45, 2.75) is 25.0 Å². The minimum atomic E-state index is -3.95. The number of aromatic nitrogens is 2. The lowest BCUT2D eigenvalue weighted by Gasteiger charge is -2.27. The Bertz CT molecular complexity index is 1110. The zero-order valence-electron chi connectivity index (χ0n) is 16.1. The van der Waals surface area contributed by atoms with Gasteiger partial charge in [0.05, 0.1) is 5.69 Å². The number of nitrogens with two attached hydrogens (primary N) is 1. The maximum absolute atomic E-state index is 13.0. The molecule has 6 nitrogen and oxygen atoms in total. The van der Waals surface area contributed by atoms with Crippen LogP contribution in [0.2, 0.25) is 0 Å². The molecular formula is C21H23N3O3S. The summed E-state index contributed by atoms with van der Waals surface area (Å²) in [6.45, 7) is 3.43. The van der Waals surface area contributed by atoms with Gasteiger partial charge in [-0.25, -0.2) is 13.6 Å². The van der Waals surface area contributed by atoms with E-state index in [0.29, 0.717) is 22.5 Å². The predicted octanol–water partition coefficient (Wildman–Crippen LogP) is 2.71. The molecule has 0 fully saturated rings. The van der Waals surface area contributed by atoms with E-state index in [2.05, 4.69) is 4.98 Å². The number of primary sulfonamides is 1. The number of hydrogen-bond acceptors (Lipinski definition) is 4. The lowest BCUT2D eigenvalue weighted by molar-refractivity contribution is 0.103. The van der Waals surface area contributed by atoms with Crippen LogP contribution in [-0.2, 0) is 28.2 Å². The van der Waals surface area contributed by atoms with Gasteiger partial charge in [-0.1, -0.05) is 36.4 Å². The van der Waals surface area contributed by atoms with E-state index in [-0.39, 0.29) is 12.2 Å². The molecule has 0 aliphatic heterocycles. The van der Waals surface area contributed by atoms with E-state index in [9.17, 15) is 13.2 Å². The van der Waals surface area contributed by atoms with Crippen molar-refractivity contribution in [1.82, 2.24) is 9.55 Å². The monoisotopic (exact) mass is 397 g/mol. The van der Waals surface area contributed by atoms with Gasteiger partial charge in [-0.05, 0) is 37.1 Å². The van der Waals surface area contributed by atoms with Gasteiger partial charge < -0.3 is 4.57 Å². The van der Waals surface area contributed by atoms with E-state index < -0.39 is 14.8 Å². The minimum Gasteiger partial charge on any atom is -0.345 e. The topological polar surface area (TPSA) is 95.0 Å². The maximum atomic E-state index is 13.0. The molecule has 0 saturated carbocycles. The molecule has 0 radical (unpaired) electrons. The molecule has 0 amide bonds. The van der Waals surface area contributed by atoms with Crippen LogP contribution >= 0.6 is 0 Å². The number of hydrogen-bond donors (Lipinski definition) is 1. The second kappa shape index (κ2) is 7.33. The fourth-order valence-corrected chi connectivity index (χ4v) is 4.24. The fourth-order valence-electron chi connectivity index (χ4n) is 3.44. The number of sulfonamides is 1. The highest BCUT2D eigenvalue weighted by molar-refractivity contribution is 7.90. The zero-order chi connectivity index (χ0) is 20.5. The second-order valence-corrected chi connectivity index (χ2v) is 9.11. The Kier molecular flexibility index (Phi) is 5.23. The zero-order valence-corrected chi connectivity index (χ0v) is 16.9. The molecular weight excluding hydrogens is 374 g/mol. The molecule has 7 heteroatoms. The molecule has 1 aromatic carbocycles. The van der Waals surface area contributed by atoms with Gasteiger partial charge in [-0.3, -0.25) is 9.78 Å². The van der Waals surface area contributed by atoms with Gasteiger partial charge in [0.1, 0.15) is 4.75 Å². The summed E-state index contributed by atoms with van der Waals surface area (Å²) in [5.74, 6) is -0.106. The molecule has 0 saturated heterocycles. The van der Waals surface area contributed by atoms with Crippen molar-refractivity contribution in [1.29, 1.82) is 0 Å². The summed E-state index contributed by atoms with van der Waals surface area (Å²) in [6, 6.07) is 14.2. The molecule has 2 aromatic heterocycles. The summed E-state index contributed by atoms with van der Waals surface area (Å²) >= 11 is 0. The van der Waals surface area contributed by atoms with Crippen LogP contribution < -0.4 is 5.14 Å². The van der Waals surface area contributed by atoms with Crippen molar-refractivity contribution in [2.75, 3.05) is 0 Å². The first-order chi connectivity index (χ1) is 13.1. The normalized spacial score (nSPS) is 13.9. The summed E-state index contributed by atoms with van der Waals surface area (Å²) in [4.78, 5) is 17.0. The summed E-state index contributed by atoms with van der Waals surface area (Å²) in [6.07, 6.45) is 3.21. The Morgan fingerprint density at radius 3 is 2.43 bits per heavy atom. The molecule has 3 rings (SSSR count). The van der Waals surface area contributed by atoms with Gasteiger partial charge in [0.15, 0.2) is 0 Å².